The normalized spacial score (nSPS) is 14.1. The van der Waals surface area contributed by atoms with Gasteiger partial charge in [0.2, 0.25) is 5.11 Å². The first-order chi connectivity index (χ1) is 15.6. The highest BCUT2D eigenvalue weighted by molar-refractivity contribution is 8.21. The number of benzene rings is 2. The van der Waals surface area contributed by atoms with E-state index < -0.39 is 0 Å². The average molecular weight is 480 g/mol. The fraction of sp³-hybridized carbons (Fsp3) is 0.0952. The molecule has 0 spiro atoms. The van der Waals surface area contributed by atoms with Crippen molar-refractivity contribution in [3.8, 4) is 0 Å². The smallest absolute Gasteiger partial charge is 0.262 e. The Morgan fingerprint density at radius 1 is 0.906 bits per heavy atom. The lowest BCUT2D eigenvalue weighted by molar-refractivity contribution is -0.115. The number of aliphatic imine (C=N–C) groups is 1. The van der Waals surface area contributed by atoms with E-state index in [9.17, 15) is 4.79 Å². The lowest BCUT2D eigenvalue weighted by Gasteiger charge is -2.17. The zero-order valence-corrected chi connectivity index (χ0v) is 19.0. The van der Waals surface area contributed by atoms with Gasteiger partial charge in [0, 0.05) is 0 Å². The maximum atomic E-state index is 12.7. The lowest BCUT2D eigenvalue weighted by Crippen LogP contribution is -2.40. The molecule has 3 heterocycles. The van der Waals surface area contributed by atoms with Gasteiger partial charge in [0.1, 0.15) is 23.1 Å². The van der Waals surface area contributed by atoms with Crippen molar-refractivity contribution >= 4 is 74.7 Å². The zero-order chi connectivity index (χ0) is 22.1. The van der Waals surface area contributed by atoms with Gasteiger partial charge in [-0.2, -0.15) is 0 Å². The summed E-state index contributed by atoms with van der Waals surface area (Å²) in [6.07, 6.45) is 0. The van der Waals surface area contributed by atoms with E-state index in [1.807, 2.05) is 48.5 Å². The van der Waals surface area contributed by atoms with Crippen molar-refractivity contribution in [3.05, 3.63) is 70.0 Å². The first kappa shape index (κ1) is 20.7. The highest BCUT2D eigenvalue weighted by atomic mass is 32.2. The molecule has 4 aromatic rings. The number of hydrogen-bond acceptors (Lipinski definition) is 7. The monoisotopic (exact) mass is 479 g/mol. The number of thioether (sulfide) groups is 2. The number of thiocarbonyl (C=S) groups is 1. The Kier molecular flexibility index (Phi) is 5.68. The number of aromatic amines is 2. The number of imidazole rings is 2. The van der Waals surface area contributed by atoms with E-state index in [1.54, 1.807) is 0 Å². The maximum Gasteiger partial charge on any atom is 0.262 e. The van der Waals surface area contributed by atoms with Crippen molar-refractivity contribution in [2.45, 2.75) is 11.5 Å². The van der Waals surface area contributed by atoms with Crippen LogP contribution in [-0.4, -0.2) is 36.8 Å². The Morgan fingerprint density at radius 2 is 1.44 bits per heavy atom. The van der Waals surface area contributed by atoms with E-state index in [0.717, 1.165) is 38.0 Å². The van der Waals surface area contributed by atoms with Crippen molar-refractivity contribution in [1.29, 1.82) is 0 Å². The van der Waals surface area contributed by atoms with E-state index in [1.165, 1.54) is 23.5 Å². The van der Waals surface area contributed by atoms with Crippen molar-refractivity contribution in [2.75, 3.05) is 0 Å². The summed E-state index contributed by atoms with van der Waals surface area (Å²) in [5, 5.41) is 2.64. The number of carbonyl (C=O) groups excluding carboxylic acids is 1. The number of amidine groups is 1. The van der Waals surface area contributed by atoms with Crippen molar-refractivity contribution in [1.82, 2.24) is 25.3 Å². The molecular weight excluding hydrogens is 462 g/mol. The van der Waals surface area contributed by atoms with Gasteiger partial charge < -0.3 is 15.7 Å². The number of para-hydroxylation sites is 4. The summed E-state index contributed by atoms with van der Waals surface area (Å²) >= 11 is 7.94. The molecule has 1 aliphatic rings. The molecule has 0 bridgehead atoms. The summed E-state index contributed by atoms with van der Waals surface area (Å²) in [6, 6.07) is 15.7. The van der Waals surface area contributed by atoms with Crippen LogP contribution in [-0.2, 0) is 16.3 Å². The minimum Gasteiger partial charge on any atom is -0.383 e. The highest BCUT2D eigenvalue weighted by Gasteiger charge is 2.26. The molecule has 8 nitrogen and oxygen atoms in total. The summed E-state index contributed by atoms with van der Waals surface area (Å²) in [5.41, 5.74) is 10.1. The third-order valence-electron chi connectivity index (χ3n) is 4.69. The van der Waals surface area contributed by atoms with Crippen LogP contribution in [0.3, 0.4) is 0 Å². The van der Waals surface area contributed by atoms with Crippen LogP contribution >= 0.6 is 35.7 Å². The molecule has 0 fully saturated rings. The Morgan fingerprint density at radius 3 is 1.94 bits per heavy atom. The molecule has 2 aromatic heterocycles. The lowest BCUT2D eigenvalue weighted by atomic mass is 10.2. The molecule has 0 saturated carbocycles. The third-order valence-corrected chi connectivity index (χ3v) is 7.36. The van der Waals surface area contributed by atoms with Gasteiger partial charge in [0.15, 0.2) is 0 Å². The molecule has 0 saturated heterocycles. The van der Waals surface area contributed by atoms with E-state index in [-0.39, 0.29) is 16.9 Å². The van der Waals surface area contributed by atoms with Crippen LogP contribution < -0.4 is 11.1 Å². The van der Waals surface area contributed by atoms with Crippen molar-refractivity contribution in [2.24, 2.45) is 10.7 Å². The Balaban J connectivity index is 1.42. The molecule has 0 aliphatic carbocycles. The van der Waals surface area contributed by atoms with Crippen LogP contribution in [0.15, 0.2) is 63.3 Å². The molecule has 1 amide bonds. The van der Waals surface area contributed by atoms with Crippen LogP contribution in [0.2, 0.25) is 0 Å². The van der Waals surface area contributed by atoms with Crippen LogP contribution in [0.4, 0.5) is 0 Å². The van der Waals surface area contributed by atoms with Gasteiger partial charge in [0.05, 0.1) is 37.8 Å². The van der Waals surface area contributed by atoms with E-state index in [0.29, 0.717) is 17.1 Å². The number of nitrogens with two attached hydrogens (primary N) is 1. The first-order valence-corrected chi connectivity index (χ1v) is 12.0. The summed E-state index contributed by atoms with van der Waals surface area (Å²) in [4.78, 5) is 32.6. The fourth-order valence-corrected chi connectivity index (χ4v) is 5.64. The van der Waals surface area contributed by atoms with Gasteiger partial charge in [-0.1, -0.05) is 24.3 Å². The average Bonchev–Trinajstić information content (AvgIpc) is 3.37. The number of aromatic nitrogens is 4. The van der Waals surface area contributed by atoms with Crippen molar-refractivity contribution in [3.63, 3.8) is 0 Å². The van der Waals surface area contributed by atoms with E-state index in [4.69, 9.17) is 18.0 Å². The molecule has 1 aliphatic heterocycles. The van der Waals surface area contributed by atoms with Gasteiger partial charge in [-0.05, 0) is 36.5 Å². The zero-order valence-electron chi connectivity index (χ0n) is 16.6. The van der Waals surface area contributed by atoms with Crippen LogP contribution in [0.1, 0.15) is 11.6 Å². The molecule has 5 rings (SSSR count). The molecule has 11 heteroatoms. The number of amides is 1. The number of fused-ring (bicyclic) bond motifs is 2. The second-order valence-corrected chi connectivity index (χ2v) is 9.51. The maximum absolute atomic E-state index is 12.7. The molecule has 160 valence electrons. The van der Waals surface area contributed by atoms with Crippen LogP contribution in [0.25, 0.3) is 22.1 Å². The molecule has 0 radical (unpaired) electrons. The summed E-state index contributed by atoms with van der Waals surface area (Å²) in [7, 11) is 0. The third kappa shape index (κ3) is 4.27. The standard InChI is InChI=1S/C21H17N7OS3/c22-18-17(19(29)28-21(30)27-18)20(31-9-15-23-11-5-1-2-6-12(11)24-15)32-10-16-25-13-7-3-4-8-14(13)26-16/h1-8H,9-10H2,(H,23,24)(H,25,26)(H3,22,27,28,29,30). The van der Waals surface area contributed by atoms with E-state index in [2.05, 4.69) is 30.2 Å². The first-order valence-electron chi connectivity index (χ1n) is 9.64. The minimum atomic E-state index is -0.355. The second-order valence-electron chi connectivity index (χ2n) is 6.90. The Labute approximate surface area is 196 Å². The highest BCUT2D eigenvalue weighted by Crippen LogP contribution is 2.36. The predicted octanol–water partition coefficient (Wildman–Crippen LogP) is 3.59. The fourth-order valence-electron chi connectivity index (χ4n) is 3.27. The molecule has 0 unspecified atom stereocenters. The van der Waals surface area contributed by atoms with Gasteiger partial charge in [-0.3, -0.25) is 10.1 Å². The quantitative estimate of drug-likeness (QED) is 0.246. The number of nitrogens with one attached hydrogen (secondary N) is 3. The largest absolute Gasteiger partial charge is 0.383 e. The van der Waals surface area contributed by atoms with Gasteiger partial charge in [0.25, 0.3) is 5.91 Å². The molecule has 2 aromatic carbocycles. The summed E-state index contributed by atoms with van der Waals surface area (Å²) in [5.74, 6) is 2.44. The van der Waals surface area contributed by atoms with E-state index >= 15 is 0 Å². The number of hydrogen-bond donors (Lipinski definition) is 4. The van der Waals surface area contributed by atoms with Crippen LogP contribution in [0, 0.1) is 0 Å². The topological polar surface area (TPSA) is 125 Å². The number of nitrogens with zero attached hydrogens (tertiary/aromatic N) is 3. The number of rotatable bonds is 6. The Hall–Kier alpha value is -3.15. The van der Waals surface area contributed by atoms with Crippen LogP contribution in [0.5, 0.6) is 0 Å². The second kappa shape index (κ2) is 8.77. The molecule has 0 atom stereocenters. The molecule has 32 heavy (non-hydrogen) atoms. The summed E-state index contributed by atoms with van der Waals surface area (Å²) < 4.78 is 0.729. The summed E-state index contributed by atoms with van der Waals surface area (Å²) in [6.45, 7) is 0. The number of H-pyrrole nitrogens is 2. The van der Waals surface area contributed by atoms with Gasteiger partial charge in [-0.25, -0.2) is 15.0 Å². The van der Waals surface area contributed by atoms with Gasteiger partial charge in [-0.15, -0.1) is 23.5 Å². The SMILES string of the molecule is NC1=NC(=S)NC(=O)C1=C(SCc1nc2ccccc2[nH]1)SCc1nc2ccccc2[nH]1. The molecular formula is C21H17N7OS3. The van der Waals surface area contributed by atoms with Crippen molar-refractivity contribution < 1.29 is 4.79 Å². The molecule has 5 N–H and O–H groups in total. The van der Waals surface area contributed by atoms with Gasteiger partial charge >= 0.3 is 0 Å². The minimum absolute atomic E-state index is 0.0696. The Bertz CT molecular complexity index is 1270. The predicted molar refractivity (Wildman–Crippen MR) is 134 cm³/mol. The number of carbonyl (C=O) groups is 1.